The Balaban J connectivity index is 1.40. The number of nitrogens with one attached hydrogen (secondary N) is 1. The highest BCUT2D eigenvalue weighted by Gasteiger charge is 2.25. The van der Waals surface area contributed by atoms with Crippen molar-refractivity contribution in [3.63, 3.8) is 0 Å². The Hall–Kier alpha value is -1.21. The Bertz CT molecular complexity index is 451. The largest absolute Gasteiger partial charge is 0.324 e. The van der Waals surface area contributed by atoms with Gasteiger partial charge in [-0.3, -0.25) is 5.32 Å². The molecule has 0 aromatic carbocycles. The number of nitrogens with zero attached hydrogens (tertiary/aromatic N) is 4. The van der Waals surface area contributed by atoms with Crippen LogP contribution >= 0.6 is 11.3 Å². The van der Waals surface area contributed by atoms with Gasteiger partial charge in [-0.1, -0.05) is 24.2 Å². The Kier molecular flexibility index (Phi) is 5.61. The van der Waals surface area contributed by atoms with E-state index in [2.05, 4.69) is 20.4 Å². The van der Waals surface area contributed by atoms with Crippen molar-refractivity contribution in [2.75, 3.05) is 38.0 Å². The minimum Gasteiger partial charge on any atom is -0.324 e. The molecule has 0 bridgehead atoms. The third kappa shape index (κ3) is 4.39. The molecule has 0 unspecified atom stereocenters. The highest BCUT2D eigenvalue weighted by Crippen LogP contribution is 2.21. The van der Waals surface area contributed by atoms with E-state index in [1.54, 1.807) is 5.51 Å². The number of urea groups is 1. The van der Waals surface area contributed by atoms with Crippen LogP contribution in [0.5, 0.6) is 0 Å². The monoisotopic (exact) mass is 323 g/mol. The smallest absolute Gasteiger partial charge is 0.323 e. The summed E-state index contributed by atoms with van der Waals surface area (Å²) in [7, 11) is 0. The summed E-state index contributed by atoms with van der Waals surface area (Å²) in [6.45, 7) is 5.44. The van der Waals surface area contributed by atoms with Gasteiger partial charge in [0, 0.05) is 19.6 Å². The van der Waals surface area contributed by atoms with Crippen LogP contribution in [-0.2, 0) is 0 Å². The summed E-state index contributed by atoms with van der Waals surface area (Å²) in [6.07, 6.45) is 7.70. The van der Waals surface area contributed by atoms with Crippen LogP contribution in [0.15, 0.2) is 5.51 Å². The molecule has 0 saturated carbocycles. The molecule has 7 heteroatoms. The number of aromatic nitrogens is 2. The van der Waals surface area contributed by atoms with Crippen LogP contribution in [0.25, 0.3) is 0 Å². The van der Waals surface area contributed by atoms with Crippen LogP contribution < -0.4 is 5.32 Å². The second kappa shape index (κ2) is 7.87. The van der Waals surface area contributed by atoms with Gasteiger partial charge in [0.2, 0.25) is 5.13 Å². The van der Waals surface area contributed by atoms with Gasteiger partial charge in [0.1, 0.15) is 5.51 Å². The van der Waals surface area contributed by atoms with E-state index in [4.69, 9.17) is 0 Å². The van der Waals surface area contributed by atoms with Gasteiger partial charge in [-0.05, 0) is 44.7 Å². The van der Waals surface area contributed by atoms with Crippen molar-refractivity contribution in [3.05, 3.63) is 5.51 Å². The van der Waals surface area contributed by atoms with E-state index >= 15 is 0 Å². The summed E-state index contributed by atoms with van der Waals surface area (Å²) >= 11 is 1.35. The fourth-order valence-electron chi connectivity index (χ4n) is 3.40. The first-order valence-electron chi connectivity index (χ1n) is 8.36. The number of hydrogen-bond acceptors (Lipinski definition) is 5. The van der Waals surface area contributed by atoms with Gasteiger partial charge in [-0.2, -0.15) is 0 Å². The number of rotatable bonds is 3. The highest BCUT2D eigenvalue weighted by molar-refractivity contribution is 7.13. The zero-order valence-electron chi connectivity index (χ0n) is 13.0. The Morgan fingerprint density at radius 2 is 1.91 bits per heavy atom. The van der Waals surface area contributed by atoms with Crippen molar-refractivity contribution < 1.29 is 4.79 Å². The zero-order valence-corrected chi connectivity index (χ0v) is 13.9. The summed E-state index contributed by atoms with van der Waals surface area (Å²) in [6, 6.07) is -0.0371. The quantitative estimate of drug-likeness (QED) is 0.929. The molecule has 2 aliphatic heterocycles. The lowest BCUT2D eigenvalue weighted by Crippen LogP contribution is -2.43. The maximum absolute atomic E-state index is 12.2. The lowest BCUT2D eigenvalue weighted by molar-refractivity contribution is 0.155. The van der Waals surface area contributed by atoms with E-state index in [9.17, 15) is 4.79 Å². The SMILES string of the molecule is O=C(Nc1nncs1)N1CCC(CN2CCCCCC2)CC1. The second-order valence-corrected chi connectivity index (χ2v) is 7.15. The van der Waals surface area contributed by atoms with E-state index in [1.165, 1.54) is 56.7 Å². The normalized spacial score (nSPS) is 21.5. The molecule has 0 spiro atoms. The molecule has 22 heavy (non-hydrogen) atoms. The molecule has 1 aromatic rings. The van der Waals surface area contributed by atoms with Crippen molar-refractivity contribution in [1.29, 1.82) is 0 Å². The topological polar surface area (TPSA) is 61.4 Å². The summed E-state index contributed by atoms with van der Waals surface area (Å²) in [5.41, 5.74) is 1.63. The van der Waals surface area contributed by atoms with Gasteiger partial charge in [-0.15, -0.1) is 10.2 Å². The zero-order chi connectivity index (χ0) is 15.2. The molecule has 6 nitrogen and oxygen atoms in total. The van der Waals surface area contributed by atoms with Gasteiger partial charge in [0.25, 0.3) is 0 Å². The van der Waals surface area contributed by atoms with Crippen LogP contribution in [0.4, 0.5) is 9.93 Å². The maximum Gasteiger partial charge on any atom is 0.323 e. The molecule has 2 aliphatic rings. The molecule has 0 aliphatic carbocycles. The van der Waals surface area contributed by atoms with Gasteiger partial charge in [-0.25, -0.2) is 4.79 Å². The van der Waals surface area contributed by atoms with Crippen molar-refractivity contribution >= 4 is 22.5 Å². The standard InChI is InChI=1S/C15H25N5OS/c21-15(17-14-18-16-12-22-14)20-9-5-13(6-10-20)11-19-7-3-1-2-4-8-19/h12-13H,1-11H2,(H,17,18,21). The number of anilines is 1. The molecular formula is C15H25N5OS. The molecular weight excluding hydrogens is 298 g/mol. The van der Waals surface area contributed by atoms with Crippen LogP contribution in [-0.4, -0.2) is 58.8 Å². The molecule has 2 amide bonds. The molecule has 3 rings (SSSR count). The maximum atomic E-state index is 12.2. The van der Waals surface area contributed by atoms with E-state index in [1.807, 2.05) is 4.90 Å². The lowest BCUT2D eigenvalue weighted by atomic mass is 9.96. The summed E-state index contributed by atoms with van der Waals surface area (Å²) in [5, 5.41) is 11.0. The number of likely N-dealkylation sites (tertiary alicyclic amines) is 2. The molecule has 0 radical (unpaired) electrons. The minimum atomic E-state index is -0.0371. The van der Waals surface area contributed by atoms with Crippen LogP contribution in [0.1, 0.15) is 38.5 Å². The molecule has 2 fully saturated rings. The summed E-state index contributed by atoms with van der Waals surface area (Å²) in [4.78, 5) is 16.7. The predicted octanol–water partition coefficient (Wildman–Crippen LogP) is 2.66. The van der Waals surface area contributed by atoms with Crippen molar-refractivity contribution in [2.45, 2.75) is 38.5 Å². The Morgan fingerprint density at radius 1 is 1.18 bits per heavy atom. The van der Waals surface area contributed by atoms with Crippen LogP contribution in [0, 0.1) is 5.92 Å². The molecule has 122 valence electrons. The van der Waals surface area contributed by atoms with Gasteiger partial charge < -0.3 is 9.80 Å². The second-order valence-electron chi connectivity index (χ2n) is 6.32. The van der Waals surface area contributed by atoms with Crippen molar-refractivity contribution in [2.24, 2.45) is 5.92 Å². The van der Waals surface area contributed by atoms with Crippen LogP contribution in [0.2, 0.25) is 0 Å². The average molecular weight is 323 g/mol. The number of carbonyl (C=O) groups excluding carboxylic acids is 1. The van der Waals surface area contributed by atoms with E-state index in [-0.39, 0.29) is 6.03 Å². The van der Waals surface area contributed by atoms with Gasteiger partial charge >= 0.3 is 6.03 Å². The van der Waals surface area contributed by atoms with Crippen molar-refractivity contribution in [3.8, 4) is 0 Å². The number of hydrogen-bond donors (Lipinski definition) is 1. The first-order valence-corrected chi connectivity index (χ1v) is 9.23. The number of carbonyl (C=O) groups is 1. The number of amides is 2. The fraction of sp³-hybridized carbons (Fsp3) is 0.800. The lowest BCUT2D eigenvalue weighted by Gasteiger charge is -2.34. The predicted molar refractivity (Wildman–Crippen MR) is 88.1 cm³/mol. The summed E-state index contributed by atoms with van der Waals surface area (Å²) < 4.78 is 0. The molecule has 3 heterocycles. The first kappa shape index (κ1) is 15.7. The van der Waals surface area contributed by atoms with Gasteiger partial charge in [0.05, 0.1) is 0 Å². The van der Waals surface area contributed by atoms with E-state index < -0.39 is 0 Å². The number of piperidine rings is 1. The third-order valence-electron chi connectivity index (χ3n) is 4.69. The molecule has 1 aromatic heterocycles. The average Bonchev–Trinajstić information content (AvgIpc) is 2.91. The molecule has 2 saturated heterocycles. The van der Waals surface area contributed by atoms with Crippen LogP contribution in [0.3, 0.4) is 0 Å². The third-order valence-corrected chi connectivity index (χ3v) is 5.30. The fourth-order valence-corrected chi connectivity index (χ4v) is 3.84. The van der Waals surface area contributed by atoms with E-state index in [0.29, 0.717) is 5.13 Å². The van der Waals surface area contributed by atoms with Gasteiger partial charge in [0.15, 0.2) is 0 Å². The Labute approximate surface area is 135 Å². The molecule has 0 atom stereocenters. The Morgan fingerprint density at radius 3 is 2.55 bits per heavy atom. The highest BCUT2D eigenvalue weighted by atomic mass is 32.1. The summed E-state index contributed by atoms with van der Waals surface area (Å²) in [5.74, 6) is 0.740. The van der Waals surface area contributed by atoms with Crippen molar-refractivity contribution in [1.82, 2.24) is 20.0 Å². The first-order chi connectivity index (χ1) is 10.8. The minimum absolute atomic E-state index is 0.0371. The molecule has 1 N–H and O–H groups in total. The van der Waals surface area contributed by atoms with E-state index in [0.717, 1.165) is 31.8 Å².